The normalized spacial score (nSPS) is 11.9. The molecule has 1 N–H and O–H groups in total. The van der Waals surface area contributed by atoms with Gasteiger partial charge in [-0.25, -0.2) is 9.59 Å². The molecular weight excluding hydrogens is 398 g/mol. The molecule has 0 aliphatic rings. The zero-order valence-electron chi connectivity index (χ0n) is 19.5. The molecule has 1 atom stereocenters. The van der Waals surface area contributed by atoms with Gasteiger partial charge in [-0.1, -0.05) is 44.7 Å². The highest BCUT2D eigenvalue weighted by molar-refractivity contribution is 5.72. The second kappa shape index (κ2) is 15.5. The lowest BCUT2D eigenvalue weighted by molar-refractivity contribution is -0.149. The van der Waals surface area contributed by atoms with Crippen LogP contribution in [0.1, 0.15) is 65.4 Å². The molecule has 0 radical (unpaired) electrons. The van der Waals surface area contributed by atoms with Crippen molar-refractivity contribution in [2.24, 2.45) is 0 Å². The predicted molar refractivity (Wildman–Crippen MR) is 121 cm³/mol. The molecule has 0 fully saturated rings. The van der Waals surface area contributed by atoms with Gasteiger partial charge in [-0.3, -0.25) is 0 Å². The molecule has 0 unspecified atom stereocenters. The van der Waals surface area contributed by atoms with Crippen LogP contribution in [0, 0.1) is 0 Å². The summed E-state index contributed by atoms with van der Waals surface area (Å²) in [6, 6.07) is 7.29. The van der Waals surface area contributed by atoms with E-state index in [1.807, 2.05) is 38.1 Å². The Balaban J connectivity index is 2.53. The molecule has 1 rings (SSSR count). The number of nitrogens with zero attached hydrogens (tertiary/aromatic N) is 1. The van der Waals surface area contributed by atoms with E-state index in [1.165, 1.54) is 19.3 Å². The van der Waals surface area contributed by atoms with Crippen molar-refractivity contribution in [3.05, 3.63) is 29.8 Å². The fourth-order valence-corrected chi connectivity index (χ4v) is 3.10. The van der Waals surface area contributed by atoms with Gasteiger partial charge < -0.3 is 24.2 Å². The summed E-state index contributed by atoms with van der Waals surface area (Å²) >= 11 is 0. The highest BCUT2D eigenvalue weighted by Gasteiger charge is 2.18. The highest BCUT2D eigenvalue weighted by atomic mass is 16.6. The molecule has 0 saturated carbocycles. The van der Waals surface area contributed by atoms with Crippen LogP contribution in [-0.4, -0.2) is 60.6 Å². The average Bonchev–Trinajstić information content (AvgIpc) is 2.72. The van der Waals surface area contributed by atoms with Crippen LogP contribution >= 0.6 is 0 Å². The number of carboxylic acids is 1. The second-order valence-electron chi connectivity index (χ2n) is 7.81. The van der Waals surface area contributed by atoms with Crippen molar-refractivity contribution in [3.63, 3.8) is 0 Å². The first kappa shape index (κ1) is 26.8. The number of carbonyl (C=O) groups excluding carboxylic acids is 1. The van der Waals surface area contributed by atoms with E-state index >= 15 is 0 Å². The summed E-state index contributed by atoms with van der Waals surface area (Å²) in [6.45, 7) is 9.46. The van der Waals surface area contributed by atoms with Gasteiger partial charge in [-0.2, -0.15) is 0 Å². The third-order valence-electron chi connectivity index (χ3n) is 4.74. The number of hydrogen-bond donors (Lipinski definition) is 1. The summed E-state index contributed by atoms with van der Waals surface area (Å²) in [5, 5.41) is 9.20. The number of benzene rings is 1. The lowest BCUT2D eigenvalue weighted by Gasteiger charge is -2.23. The predicted octanol–water partition coefficient (Wildman–Crippen LogP) is 4.92. The maximum absolute atomic E-state index is 12.4. The van der Waals surface area contributed by atoms with Gasteiger partial charge in [0.2, 0.25) is 0 Å². The SMILES string of the molecule is CCCCCCCN(CCOc1ccc(C[C@@H](OCC)C(=O)O)cc1)C(=O)OC(C)C. The molecule has 176 valence electrons. The van der Waals surface area contributed by atoms with Crippen LogP contribution in [-0.2, 0) is 20.7 Å². The third kappa shape index (κ3) is 11.6. The molecule has 1 aromatic rings. The van der Waals surface area contributed by atoms with Crippen LogP contribution in [0.3, 0.4) is 0 Å². The van der Waals surface area contributed by atoms with Gasteiger partial charge in [0.15, 0.2) is 6.10 Å². The number of rotatable bonds is 16. The topological polar surface area (TPSA) is 85.3 Å². The Morgan fingerprint density at radius 1 is 1.00 bits per heavy atom. The van der Waals surface area contributed by atoms with E-state index in [0.29, 0.717) is 38.5 Å². The molecule has 0 saturated heterocycles. The Morgan fingerprint density at radius 2 is 1.68 bits per heavy atom. The molecule has 0 spiro atoms. The summed E-state index contributed by atoms with van der Waals surface area (Å²) < 4.78 is 16.4. The summed E-state index contributed by atoms with van der Waals surface area (Å²) in [5.74, 6) is -0.294. The zero-order chi connectivity index (χ0) is 23.1. The largest absolute Gasteiger partial charge is 0.492 e. The van der Waals surface area contributed by atoms with Crippen molar-refractivity contribution in [2.45, 2.75) is 78.4 Å². The minimum Gasteiger partial charge on any atom is -0.492 e. The quantitative estimate of drug-likeness (QED) is 0.370. The first-order valence-electron chi connectivity index (χ1n) is 11.4. The van der Waals surface area contributed by atoms with Gasteiger partial charge >= 0.3 is 12.1 Å². The molecule has 0 aromatic heterocycles. The van der Waals surface area contributed by atoms with Crippen LogP contribution < -0.4 is 4.74 Å². The number of hydrogen-bond acceptors (Lipinski definition) is 5. The van der Waals surface area contributed by atoms with Gasteiger partial charge in [0.25, 0.3) is 0 Å². The van der Waals surface area contributed by atoms with E-state index < -0.39 is 12.1 Å². The Bertz CT molecular complexity index is 631. The van der Waals surface area contributed by atoms with Gasteiger partial charge in [-0.15, -0.1) is 0 Å². The van der Waals surface area contributed by atoms with Crippen molar-refractivity contribution in [1.82, 2.24) is 4.90 Å². The molecule has 0 bridgehead atoms. The van der Waals surface area contributed by atoms with Crippen molar-refractivity contribution in [1.29, 1.82) is 0 Å². The number of carboxylic acid groups (broad SMARTS) is 1. The van der Waals surface area contributed by atoms with Gasteiger partial charge in [0.1, 0.15) is 12.4 Å². The molecule has 7 nitrogen and oxygen atoms in total. The molecule has 7 heteroatoms. The van der Waals surface area contributed by atoms with E-state index in [9.17, 15) is 14.7 Å². The van der Waals surface area contributed by atoms with Crippen LogP contribution in [0.15, 0.2) is 24.3 Å². The Kier molecular flexibility index (Phi) is 13.4. The summed E-state index contributed by atoms with van der Waals surface area (Å²) in [7, 11) is 0. The van der Waals surface area contributed by atoms with Crippen molar-refractivity contribution in [2.75, 3.05) is 26.3 Å². The Hall–Kier alpha value is -2.28. The van der Waals surface area contributed by atoms with E-state index in [1.54, 1.807) is 11.8 Å². The lowest BCUT2D eigenvalue weighted by Crippen LogP contribution is -2.37. The minimum atomic E-state index is -0.967. The minimum absolute atomic E-state index is 0.158. The fraction of sp³-hybridized carbons (Fsp3) is 0.667. The van der Waals surface area contributed by atoms with E-state index in [-0.39, 0.29) is 12.2 Å². The highest BCUT2D eigenvalue weighted by Crippen LogP contribution is 2.15. The molecule has 1 aromatic carbocycles. The van der Waals surface area contributed by atoms with E-state index in [0.717, 1.165) is 18.4 Å². The lowest BCUT2D eigenvalue weighted by atomic mass is 10.1. The molecule has 31 heavy (non-hydrogen) atoms. The molecular formula is C24H39NO6. The van der Waals surface area contributed by atoms with Crippen LogP contribution in [0.2, 0.25) is 0 Å². The zero-order valence-corrected chi connectivity index (χ0v) is 19.5. The molecule has 1 amide bonds. The second-order valence-corrected chi connectivity index (χ2v) is 7.81. The van der Waals surface area contributed by atoms with Crippen LogP contribution in [0.4, 0.5) is 4.79 Å². The van der Waals surface area contributed by atoms with Gasteiger partial charge in [-0.05, 0) is 44.9 Å². The molecule has 0 aliphatic heterocycles. The number of unbranched alkanes of at least 4 members (excludes halogenated alkanes) is 4. The van der Waals surface area contributed by atoms with E-state index in [2.05, 4.69) is 6.92 Å². The molecule has 0 heterocycles. The third-order valence-corrected chi connectivity index (χ3v) is 4.74. The van der Waals surface area contributed by atoms with Crippen molar-refractivity contribution in [3.8, 4) is 5.75 Å². The van der Waals surface area contributed by atoms with Crippen LogP contribution in [0.5, 0.6) is 5.75 Å². The van der Waals surface area contributed by atoms with Gasteiger partial charge in [0, 0.05) is 19.6 Å². The number of ether oxygens (including phenoxy) is 3. The number of carbonyl (C=O) groups is 2. The van der Waals surface area contributed by atoms with Crippen molar-refractivity contribution < 1.29 is 28.9 Å². The number of amides is 1. The Labute approximate surface area is 186 Å². The monoisotopic (exact) mass is 437 g/mol. The molecule has 0 aliphatic carbocycles. The summed E-state index contributed by atoms with van der Waals surface area (Å²) in [4.78, 5) is 25.3. The summed E-state index contributed by atoms with van der Waals surface area (Å²) in [6.07, 6.45) is 4.62. The average molecular weight is 438 g/mol. The Morgan fingerprint density at radius 3 is 2.26 bits per heavy atom. The van der Waals surface area contributed by atoms with Gasteiger partial charge in [0.05, 0.1) is 12.6 Å². The van der Waals surface area contributed by atoms with Crippen molar-refractivity contribution >= 4 is 12.1 Å². The maximum Gasteiger partial charge on any atom is 0.410 e. The standard InChI is InChI=1S/C24H39NO6/c1-5-7-8-9-10-15-25(24(28)31-19(3)4)16-17-30-21-13-11-20(12-14-21)18-22(23(26)27)29-6-2/h11-14,19,22H,5-10,15-18H2,1-4H3,(H,26,27)/t22-/m1/s1. The maximum atomic E-state index is 12.4. The summed E-state index contributed by atoms with van der Waals surface area (Å²) in [5.41, 5.74) is 0.863. The number of aliphatic carboxylic acids is 1. The smallest absolute Gasteiger partial charge is 0.410 e. The first-order valence-corrected chi connectivity index (χ1v) is 11.4. The van der Waals surface area contributed by atoms with Crippen LogP contribution in [0.25, 0.3) is 0 Å². The first-order chi connectivity index (χ1) is 14.9. The fourth-order valence-electron chi connectivity index (χ4n) is 3.10. The van der Waals surface area contributed by atoms with E-state index in [4.69, 9.17) is 14.2 Å².